The van der Waals surface area contributed by atoms with Gasteiger partial charge < -0.3 is 10.2 Å². The molecule has 19 heavy (non-hydrogen) atoms. The first-order valence-electron chi connectivity index (χ1n) is 6.37. The highest BCUT2D eigenvalue weighted by molar-refractivity contribution is 5.87. The maximum Gasteiger partial charge on any atom is 0.335 e. The van der Waals surface area contributed by atoms with Gasteiger partial charge in [0.15, 0.2) is 0 Å². The Morgan fingerprint density at radius 3 is 2.42 bits per heavy atom. The average molecular weight is 263 g/mol. The van der Waals surface area contributed by atoms with Gasteiger partial charge in [-0.15, -0.1) is 0 Å². The second-order valence-electron chi connectivity index (χ2n) is 4.82. The molecule has 1 aromatic carbocycles. The number of hydrogen-bond donors (Lipinski definition) is 2. The molecule has 1 atom stereocenters. The molecule has 1 aliphatic rings. The number of carboxylic acids is 2. The van der Waals surface area contributed by atoms with Crippen molar-refractivity contribution in [2.24, 2.45) is 0 Å². The number of rotatable bonds is 4. The van der Waals surface area contributed by atoms with Gasteiger partial charge in [0.25, 0.3) is 0 Å². The van der Waals surface area contributed by atoms with E-state index >= 15 is 0 Å². The number of likely N-dealkylation sites (tertiary alicyclic amines) is 1. The first-order valence-corrected chi connectivity index (χ1v) is 6.37. The quantitative estimate of drug-likeness (QED) is 0.866. The Morgan fingerprint density at radius 2 is 1.84 bits per heavy atom. The second-order valence-corrected chi connectivity index (χ2v) is 4.82. The van der Waals surface area contributed by atoms with Crippen LogP contribution in [0.25, 0.3) is 0 Å². The standard InChI is InChI=1S/C14H17NO4/c16-13(17)11-6-4-10(5-7-11)9-15-8-2-1-3-12(15)14(18)19/h4-7,12H,1-3,8-9H2,(H,16,17)(H,18,19). The highest BCUT2D eigenvalue weighted by Gasteiger charge is 2.28. The lowest BCUT2D eigenvalue weighted by atomic mass is 10.0. The van der Waals surface area contributed by atoms with Crippen molar-refractivity contribution in [1.82, 2.24) is 4.90 Å². The Labute approximate surface area is 111 Å². The Balaban J connectivity index is 2.06. The molecule has 1 heterocycles. The summed E-state index contributed by atoms with van der Waals surface area (Å²) < 4.78 is 0. The molecule has 2 N–H and O–H groups in total. The number of benzene rings is 1. The van der Waals surface area contributed by atoms with Crippen molar-refractivity contribution in [1.29, 1.82) is 0 Å². The van der Waals surface area contributed by atoms with Crippen LogP contribution < -0.4 is 0 Å². The monoisotopic (exact) mass is 263 g/mol. The zero-order valence-corrected chi connectivity index (χ0v) is 10.6. The van der Waals surface area contributed by atoms with E-state index in [9.17, 15) is 14.7 Å². The maximum absolute atomic E-state index is 11.2. The van der Waals surface area contributed by atoms with Crippen LogP contribution in [0, 0.1) is 0 Å². The summed E-state index contributed by atoms with van der Waals surface area (Å²) in [7, 11) is 0. The van der Waals surface area contributed by atoms with Crippen molar-refractivity contribution in [3.05, 3.63) is 35.4 Å². The largest absolute Gasteiger partial charge is 0.480 e. The second kappa shape index (κ2) is 5.84. The average Bonchev–Trinajstić information content (AvgIpc) is 2.39. The summed E-state index contributed by atoms with van der Waals surface area (Å²) in [6.45, 7) is 1.33. The van der Waals surface area contributed by atoms with Crippen molar-refractivity contribution < 1.29 is 19.8 Å². The van der Waals surface area contributed by atoms with Gasteiger partial charge in [0.1, 0.15) is 6.04 Å². The fraction of sp³-hybridized carbons (Fsp3) is 0.429. The van der Waals surface area contributed by atoms with E-state index in [1.807, 2.05) is 4.90 Å². The molecule has 5 heteroatoms. The molecule has 1 saturated heterocycles. The van der Waals surface area contributed by atoms with E-state index in [1.165, 1.54) is 0 Å². The van der Waals surface area contributed by atoms with Crippen molar-refractivity contribution in [3.63, 3.8) is 0 Å². The molecule has 0 aromatic heterocycles. The molecule has 0 bridgehead atoms. The van der Waals surface area contributed by atoms with Crippen LogP contribution >= 0.6 is 0 Å². The summed E-state index contributed by atoms with van der Waals surface area (Å²) >= 11 is 0. The van der Waals surface area contributed by atoms with Gasteiger partial charge in [-0.05, 0) is 37.1 Å². The Bertz CT molecular complexity index is 469. The van der Waals surface area contributed by atoms with Gasteiger partial charge in [-0.3, -0.25) is 9.69 Å². The SMILES string of the molecule is O=C(O)c1ccc(CN2CCCCC2C(=O)O)cc1. The highest BCUT2D eigenvalue weighted by Crippen LogP contribution is 2.20. The Hall–Kier alpha value is -1.88. The molecule has 1 aromatic rings. The van der Waals surface area contributed by atoms with Crippen molar-refractivity contribution in [2.75, 3.05) is 6.54 Å². The van der Waals surface area contributed by atoms with E-state index in [1.54, 1.807) is 24.3 Å². The van der Waals surface area contributed by atoms with Crippen LogP contribution in [-0.4, -0.2) is 39.6 Å². The Morgan fingerprint density at radius 1 is 1.16 bits per heavy atom. The number of aliphatic carboxylic acids is 1. The first kappa shape index (κ1) is 13.5. The summed E-state index contributed by atoms with van der Waals surface area (Å²) in [5.74, 6) is -1.73. The topological polar surface area (TPSA) is 77.8 Å². The van der Waals surface area contributed by atoms with Gasteiger partial charge in [0.2, 0.25) is 0 Å². The van der Waals surface area contributed by atoms with E-state index in [0.717, 1.165) is 24.9 Å². The molecule has 102 valence electrons. The lowest BCUT2D eigenvalue weighted by molar-refractivity contribution is -0.144. The van der Waals surface area contributed by atoms with Gasteiger partial charge in [-0.25, -0.2) is 4.79 Å². The summed E-state index contributed by atoms with van der Waals surface area (Å²) in [6, 6.07) is 6.18. The molecule has 0 amide bonds. The molecule has 2 rings (SSSR count). The van der Waals surface area contributed by atoms with Crippen LogP contribution in [0.4, 0.5) is 0 Å². The van der Waals surface area contributed by atoms with Crippen LogP contribution in [0.3, 0.4) is 0 Å². The third kappa shape index (κ3) is 3.32. The van der Waals surface area contributed by atoms with E-state index < -0.39 is 18.0 Å². The third-order valence-corrected chi connectivity index (χ3v) is 3.49. The fourth-order valence-corrected chi connectivity index (χ4v) is 2.45. The summed E-state index contributed by atoms with van der Waals surface area (Å²) in [6.07, 6.45) is 2.64. The molecule has 5 nitrogen and oxygen atoms in total. The molecule has 1 fully saturated rings. The lowest BCUT2D eigenvalue weighted by Crippen LogP contribution is -2.43. The minimum absolute atomic E-state index is 0.247. The van der Waals surface area contributed by atoms with Gasteiger partial charge >= 0.3 is 11.9 Å². The van der Waals surface area contributed by atoms with E-state index in [-0.39, 0.29) is 5.56 Å². The minimum Gasteiger partial charge on any atom is -0.480 e. The predicted molar refractivity (Wildman–Crippen MR) is 69.1 cm³/mol. The molecule has 1 unspecified atom stereocenters. The number of carbonyl (C=O) groups is 2. The van der Waals surface area contributed by atoms with Crippen LogP contribution in [0.2, 0.25) is 0 Å². The highest BCUT2D eigenvalue weighted by atomic mass is 16.4. The molecule has 1 aliphatic heterocycles. The number of nitrogens with zero attached hydrogens (tertiary/aromatic N) is 1. The zero-order chi connectivity index (χ0) is 13.8. The fourth-order valence-electron chi connectivity index (χ4n) is 2.45. The molecular weight excluding hydrogens is 246 g/mol. The molecule has 0 saturated carbocycles. The predicted octanol–water partition coefficient (Wildman–Crippen LogP) is 1.82. The van der Waals surface area contributed by atoms with Crippen LogP contribution in [0.15, 0.2) is 24.3 Å². The third-order valence-electron chi connectivity index (χ3n) is 3.49. The number of piperidine rings is 1. The maximum atomic E-state index is 11.2. The van der Waals surface area contributed by atoms with Crippen molar-refractivity contribution >= 4 is 11.9 Å². The van der Waals surface area contributed by atoms with Gasteiger partial charge in [0, 0.05) is 6.54 Å². The van der Waals surface area contributed by atoms with Crippen molar-refractivity contribution in [3.8, 4) is 0 Å². The molecule has 0 aliphatic carbocycles. The van der Waals surface area contributed by atoms with Crippen molar-refractivity contribution in [2.45, 2.75) is 31.8 Å². The Kier molecular flexibility index (Phi) is 4.16. The van der Waals surface area contributed by atoms with Gasteiger partial charge in [-0.2, -0.15) is 0 Å². The molecule has 0 radical (unpaired) electrons. The smallest absolute Gasteiger partial charge is 0.335 e. The number of hydrogen-bond acceptors (Lipinski definition) is 3. The summed E-state index contributed by atoms with van der Waals surface area (Å²) in [4.78, 5) is 23.9. The van der Waals surface area contributed by atoms with Gasteiger partial charge in [-0.1, -0.05) is 18.6 Å². The minimum atomic E-state index is -0.951. The number of aromatic carboxylic acids is 1. The summed E-state index contributed by atoms with van der Waals surface area (Å²) in [5.41, 5.74) is 1.19. The van der Waals surface area contributed by atoms with Gasteiger partial charge in [0.05, 0.1) is 5.56 Å². The van der Waals surface area contributed by atoms with Crippen LogP contribution in [-0.2, 0) is 11.3 Å². The molecular formula is C14H17NO4. The van der Waals surface area contributed by atoms with Crippen LogP contribution in [0.1, 0.15) is 35.2 Å². The summed E-state index contributed by atoms with van der Waals surface area (Å²) in [5, 5.41) is 18.0. The zero-order valence-electron chi connectivity index (χ0n) is 10.6. The normalized spacial score (nSPS) is 20.1. The van der Waals surface area contributed by atoms with E-state index in [2.05, 4.69) is 0 Å². The van der Waals surface area contributed by atoms with Crippen LogP contribution in [0.5, 0.6) is 0 Å². The number of carboxylic acid groups (broad SMARTS) is 2. The van der Waals surface area contributed by atoms with E-state index in [4.69, 9.17) is 5.11 Å². The van der Waals surface area contributed by atoms with E-state index in [0.29, 0.717) is 13.0 Å². The first-order chi connectivity index (χ1) is 9.08. The molecule has 0 spiro atoms. The lowest BCUT2D eigenvalue weighted by Gasteiger charge is -2.32.